The molecule has 0 fully saturated rings. The molecule has 1 rings (SSSR count). The van der Waals surface area contributed by atoms with Gasteiger partial charge in [0, 0.05) is 18.1 Å². The number of rotatable bonds is 1. The zero-order valence-corrected chi connectivity index (χ0v) is 5.91. The van der Waals surface area contributed by atoms with E-state index in [0.717, 1.165) is 0 Å². The van der Waals surface area contributed by atoms with Gasteiger partial charge in [0.25, 0.3) is 0 Å². The molecule has 0 unspecified atom stereocenters. The van der Waals surface area contributed by atoms with Crippen molar-refractivity contribution in [3.05, 3.63) is 23.8 Å². The molecule has 2 heteroatoms. The van der Waals surface area contributed by atoms with E-state index in [1.54, 1.807) is 6.07 Å². The second-order valence-electron chi connectivity index (χ2n) is 2.19. The predicted octanol–water partition coefficient (Wildman–Crippen LogP) is 1.27. The standard InChI is InChI=1S/C9H8O2/c1-2-3-7-4-5-8(10)6-9(7)11/h1,4-6,10-11H,3H2. The van der Waals surface area contributed by atoms with E-state index in [9.17, 15) is 0 Å². The van der Waals surface area contributed by atoms with Crippen molar-refractivity contribution < 1.29 is 10.2 Å². The minimum atomic E-state index is 0.0444. The first kappa shape index (κ1) is 7.49. The summed E-state index contributed by atoms with van der Waals surface area (Å²) in [5, 5.41) is 18.1. The lowest BCUT2D eigenvalue weighted by Gasteiger charge is -1.99. The van der Waals surface area contributed by atoms with Gasteiger partial charge in [-0.15, -0.1) is 12.3 Å². The SMILES string of the molecule is C#CCc1ccc(O)cc1O. The third-order valence-corrected chi connectivity index (χ3v) is 1.36. The Kier molecular flexibility index (Phi) is 2.03. The zero-order valence-electron chi connectivity index (χ0n) is 5.91. The first-order chi connectivity index (χ1) is 5.24. The van der Waals surface area contributed by atoms with Gasteiger partial charge in [-0.2, -0.15) is 0 Å². The van der Waals surface area contributed by atoms with E-state index >= 15 is 0 Å². The maximum absolute atomic E-state index is 9.17. The third-order valence-electron chi connectivity index (χ3n) is 1.36. The van der Waals surface area contributed by atoms with Crippen LogP contribution < -0.4 is 0 Å². The number of hydrogen-bond acceptors (Lipinski definition) is 2. The Morgan fingerprint density at radius 1 is 1.36 bits per heavy atom. The summed E-state index contributed by atoms with van der Waals surface area (Å²) in [5.41, 5.74) is 0.658. The van der Waals surface area contributed by atoms with Gasteiger partial charge >= 0.3 is 0 Å². The molecule has 0 spiro atoms. The molecule has 0 bridgehead atoms. The van der Waals surface area contributed by atoms with Crippen LogP contribution in [0.3, 0.4) is 0 Å². The van der Waals surface area contributed by atoms with Crippen molar-refractivity contribution in [1.29, 1.82) is 0 Å². The van der Waals surface area contributed by atoms with Crippen molar-refractivity contribution >= 4 is 0 Å². The molecular weight excluding hydrogens is 140 g/mol. The molecule has 2 nitrogen and oxygen atoms in total. The molecular formula is C9H8O2. The summed E-state index contributed by atoms with van der Waals surface area (Å²) in [7, 11) is 0. The van der Waals surface area contributed by atoms with Gasteiger partial charge < -0.3 is 10.2 Å². The van der Waals surface area contributed by atoms with Crippen LogP contribution in [0.15, 0.2) is 18.2 Å². The number of terminal acetylenes is 1. The monoisotopic (exact) mass is 148 g/mol. The van der Waals surface area contributed by atoms with Crippen LogP contribution in [0, 0.1) is 12.3 Å². The van der Waals surface area contributed by atoms with Crippen LogP contribution >= 0.6 is 0 Å². The first-order valence-corrected chi connectivity index (χ1v) is 3.18. The van der Waals surface area contributed by atoms with Gasteiger partial charge in [0.05, 0.1) is 0 Å². The maximum atomic E-state index is 9.17. The van der Waals surface area contributed by atoms with Crippen LogP contribution in [0.1, 0.15) is 5.56 Å². The van der Waals surface area contributed by atoms with E-state index < -0.39 is 0 Å². The average Bonchev–Trinajstić information content (AvgIpc) is 1.95. The molecule has 0 aromatic heterocycles. The van der Waals surface area contributed by atoms with Crippen molar-refractivity contribution in [2.45, 2.75) is 6.42 Å². The highest BCUT2D eigenvalue weighted by Gasteiger charge is 1.98. The summed E-state index contributed by atoms with van der Waals surface area (Å²) < 4.78 is 0. The lowest BCUT2D eigenvalue weighted by molar-refractivity contribution is 0.447. The quantitative estimate of drug-likeness (QED) is 0.589. The molecule has 56 valence electrons. The Balaban J connectivity index is 3.01. The maximum Gasteiger partial charge on any atom is 0.123 e. The Morgan fingerprint density at radius 2 is 2.09 bits per heavy atom. The Labute approximate surface area is 65.1 Å². The number of phenolic OH excluding ortho intramolecular Hbond substituents is 2. The molecule has 0 saturated heterocycles. The number of benzene rings is 1. The van der Waals surface area contributed by atoms with E-state index in [-0.39, 0.29) is 11.5 Å². The van der Waals surface area contributed by atoms with E-state index in [0.29, 0.717) is 12.0 Å². The highest BCUT2D eigenvalue weighted by Crippen LogP contribution is 2.22. The fourth-order valence-electron chi connectivity index (χ4n) is 0.812. The molecule has 0 radical (unpaired) electrons. The molecule has 0 aliphatic carbocycles. The molecule has 0 aliphatic rings. The summed E-state index contributed by atoms with van der Waals surface area (Å²) in [4.78, 5) is 0. The number of aromatic hydroxyl groups is 2. The fourth-order valence-corrected chi connectivity index (χ4v) is 0.812. The van der Waals surface area contributed by atoms with Crippen LogP contribution in [0.5, 0.6) is 11.5 Å². The highest BCUT2D eigenvalue weighted by molar-refractivity contribution is 5.40. The molecule has 0 heterocycles. The second-order valence-corrected chi connectivity index (χ2v) is 2.19. The van der Waals surface area contributed by atoms with E-state index in [1.807, 2.05) is 0 Å². The number of phenols is 2. The van der Waals surface area contributed by atoms with Crippen LogP contribution in [0.2, 0.25) is 0 Å². The smallest absolute Gasteiger partial charge is 0.123 e. The van der Waals surface area contributed by atoms with Gasteiger partial charge in [-0.1, -0.05) is 6.07 Å². The molecule has 11 heavy (non-hydrogen) atoms. The van der Waals surface area contributed by atoms with Gasteiger partial charge in [-0.05, 0) is 6.07 Å². The summed E-state index contributed by atoms with van der Waals surface area (Å²) in [5.74, 6) is 2.49. The minimum absolute atomic E-state index is 0.0444. The summed E-state index contributed by atoms with van der Waals surface area (Å²) >= 11 is 0. The van der Waals surface area contributed by atoms with Crippen molar-refractivity contribution in [3.63, 3.8) is 0 Å². The number of hydrogen-bond donors (Lipinski definition) is 2. The summed E-state index contributed by atoms with van der Waals surface area (Å²) in [6.07, 6.45) is 5.42. The van der Waals surface area contributed by atoms with Gasteiger partial charge in [0.2, 0.25) is 0 Å². The Hall–Kier alpha value is -1.62. The van der Waals surface area contributed by atoms with Crippen LogP contribution in [-0.2, 0) is 6.42 Å². The molecule has 1 aromatic rings. The van der Waals surface area contributed by atoms with E-state index in [1.165, 1.54) is 12.1 Å². The van der Waals surface area contributed by atoms with Crippen molar-refractivity contribution in [1.82, 2.24) is 0 Å². The van der Waals surface area contributed by atoms with Crippen LogP contribution in [0.25, 0.3) is 0 Å². The minimum Gasteiger partial charge on any atom is -0.508 e. The fraction of sp³-hybridized carbons (Fsp3) is 0.111. The second kappa shape index (κ2) is 2.98. The van der Waals surface area contributed by atoms with E-state index in [2.05, 4.69) is 5.92 Å². The topological polar surface area (TPSA) is 40.5 Å². The van der Waals surface area contributed by atoms with Crippen LogP contribution in [-0.4, -0.2) is 10.2 Å². The average molecular weight is 148 g/mol. The molecule has 2 N–H and O–H groups in total. The van der Waals surface area contributed by atoms with Gasteiger partial charge in [-0.25, -0.2) is 0 Å². The summed E-state index contributed by atoms with van der Waals surface area (Å²) in [6, 6.07) is 4.36. The van der Waals surface area contributed by atoms with Crippen LogP contribution in [0.4, 0.5) is 0 Å². The lowest BCUT2D eigenvalue weighted by atomic mass is 10.1. The largest absolute Gasteiger partial charge is 0.508 e. The predicted molar refractivity (Wildman–Crippen MR) is 42.3 cm³/mol. The lowest BCUT2D eigenvalue weighted by Crippen LogP contribution is -1.81. The van der Waals surface area contributed by atoms with Crippen molar-refractivity contribution in [3.8, 4) is 23.8 Å². The van der Waals surface area contributed by atoms with Gasteiger partial charge in [0.1, 0.15) is 11.5 Å². The first-order valence-electron chi connectivity index (χ1n) is 3.18. The van der Waals surface area contributed by atoms with Gasteiger partial charge in [-0.3, -0.25) is 0 Å². The highest BCUT2D eigenvalue weighted by atomic mass is 16.3. The molecule has 0 amide bonds. The van der Waals surface area contributed by atoms with Crippen molar-refractivity contribution in [2.24, 2.45) is 0 Å². The van der Waals surface area contributed by atoms with Crippen molar-refractivity contribution in [2.75, 3.05) is 0 Å². The summed E-state index contributed by atoms with van der Waals surface area (Å²) in [6.45, 7) is 0. The molecule has 0 aliphatic heterocycles. The van der Waals surface area contributed by atoms with E-state index in [4.69, 9.17) is 16.6 Å². The third kappa shape index (κ3) is 1.65. The van der Waals surface area contributed by atoms with Gasteiger partial charge in [0.15, 0.2) is 0 Å². The molecule has 0 atom stereocenters. The zero-order chi connectivity index (χ0) is 8.27. The molecule has 0 saturated carbocycles. The molecule has 1 aromatic carbocycles. The normalized spacial score (nSPS) is 9.00. The Morgan fingerprint density at radius 3 is 2.64 bits per heavy atom. The Bertz CT molecular complexity index is 297.